The van der Waals surface area contributed by atoms with Crippen LogP contribution in [-0.4, -0.2) is 23.3 Å². The van der Waals surface area contributed by atoms with Gasteiger partial charge in [-0.05, 0) is 50.2 Å². The molecule has 25 heavy (non-hydrogen) atoms. The summed E-state index contributed by atoms with van der Waals surface area (Å²) in [4.78, 5) is 11.9. The smallest absolute Gasteiger partial charge is 0.238 e. The molecule has 2 rings (SSSR count). The molecule has 1 amide bonds. The van der Waals surface area contributed by atoms with Gasteiger partial charge in [-0.25, -0.2) is 0 Å². The van der Waals surface area contributed by atoms with E-state index in [-0.39, 0.29) is 5.91 Å². The fourth-order valence-electron chi connectivity index (χ4n) is 2.26. The summed E-state index contributed by atoms with van der Waals surface area (Å²) in [7, 11) is 1.63. The summed E-state index contributed by atoms with van der Waals surface area (Å²) in [6.07, 6.45) is 0.887. The molecule has 0 atom stereocenters. The average Bonchev–Trinajstić information content (AvgIpc) is 2.94. The normalized spacial score (nSPS) is 10.2. The van der Waals surface area contributed by atoms with Gasteiger partial charge in [0, 0.05) is 18.5 Å². The third-order valence-electron chi connectivity index (χ3n) is 3.71. The van der Waals surface area contributed by atoms with Crippen LogP contribution in [0, 0.1) is 13.8 Å². The Labute approximate surface area is 152 Å². The number of aromatic nitrogens is 1. The minimum atomic E-state index is -0.159. The van der Waals surface area contributed by atoms with Crippen molar-refractivity contribution in [2.45, 2.75) is 33.2 Å². The number of ether oxygens (including phenoxy) is 1. The van der Waals surface area contributed by atoms with Crippen molar-refractivity contribution in [1.82, 2.24) is 21.3 Å². The number of nitrogens with zero attached hydrogens (tertiary/aromatic N) is 1. The number of nitrogens with one attached hydrogen (secondary N) is 3. The summed E-state index contributed by atoms with van der Waals surface area (Å²) in [5, 5.41) is 7.24. The molecule has 8 heteroatoms. The third kappa shape index (κ3) is 5.75. The summed E-state index contributed by atoms with van der Waals surface area (Å²) in [5.41, 5.74) is 8.10. The first-order chi connectivity index (χ1) is 12.0. The predicted octanol–water partition coefficient (Wildman–Crippen LogP) is 1.93. The molecule has 0 radical (unpaired) electrons. The lowest BCUT2D eigenvalue weighted by Crippen LogP contribution is -2.46. The Morgan fingerprint density at radius 3 is 2.56 bits per heavy atom. The van der Waals surface area contributed by atoms with E-state index in [1.165, 1.54) is 0 Å². The number of carbonyl (C=O) groups excluding carboxylic acids is 1. The highest BCUT2D eigenvalue weighted by Crippen LogP contribution is 2.14. The number of benzene rings is 1. The standard InChI is InChI=1S/C17H22N4O3S/c1-11-15(12(2)24-21-11)8-9-16(22)19-20-17(25)18-10-13-4-6-14(23-3)7-5-13/h4-7H,8-10H2,1-3H3,(H,19,22)(H2,18,20,25). The van der Waals surface area contributed by atoms with Gasteiger partial charge in [0.25, 0.3) is 0 Å². The van der Waals surface area contributed by atoms with Gasteiger partial charge in [-0.1, -0.05) is 17.3 Å². The number of methoxy groups -OCH3 is 1. The average molecular weight is 362 g/mol. The van der Waals surface area contributed by atoms with Crippen LogP contribution < -0.4 is 20.9 Å². The Balaban J connectivity index is 1.67. The Hall–Kier alpha value is -2.61. The monoisotopic (exact) mass is 362 g/mol. The third-order valence-corrected chi connectivity index (χ3v) is 3.96. The van der Waals surface area contributed by atoms with Gasteiger partial charge in [0.2, 0.25) is 5.91 Å². The van der Waals surface area contributed by atoms with Crippen molar-refractivity contribution in [2.24, 2.45) is 0 Å². The van der Waals surface area contributed by atoms with Crippen molar-refractivity contribution >= 4 is 23.2 Å². The summed E-state index contributed by atoms with van der Waals surface area (Å²) in [6.45, 7) is 4.24. The number of hydrazine groups is 1. The second-order valence-electron chi connectivity index (χ2n) is 5.51. The lowest BCUT2D eigenvalue weighted by atomic mass is 10.1. The van der Waals surface area contributed by atoms with Crippen molar-refractivity contribution < 1.29 is 14.1 Å². The van der Waals surface area contributed by atoms with Crippen LogP contribution in [0.2, 0.25) is 0 Å². The quantitative estimate of drug-likeness (QED) is 0.534. The maximum atomic E-state index is 11.9. The van der Waals surface area contributed by atoms with Crippen LogP contribution >= 0.6 is 12.2 Å². The number of carbonyl (C=O) groups is 1. The summed E-state index contributed by atoms with van der Waals surface area (Å²) in [5.74, 6) is 1.39. The summed E-state index contributed by atoms with van der Waals surface area (Å²) in [6, 6.07) is 7.64. The van der Waals surface area contributed by atoms with E-state index in [0.29, 0.717) is 24.5 Å². The topological polar surface area (TPSA) is 88.4 Å². The second kappa shape index (κ2) is 9.03. The fraction of sp³-hybridized carbons (Fsp3) is 0.353. The highest BCUT2D eigenvalue weighted by molar-refractivity contribution is 7.80. The lowest BCUT2D eigenvalue weighted by molar-refractivity contribution is -0.121. The van der Waals surface area contributed by atoms with E-state index in [1.807, 2.05) is 38.1 Å². The Morgan fingerprint density at radius 1 is 1.24 bits per heavy atom. The van der Waals surface area contributed by atoms with Crippen LogP contribution in [-0.2, 0) is 17.8 Å². The van der Waals surface area contributed by atoms with Crippen molar-refractivity contribution in [3.05, 3.63) is 46.8 Å². The van der Waals surface area contributed by atoms with E-state index in [9.17, 15) is 4.79 Å². The number of hydrogen-bond donors (Lipinski definition) is 3. The van der Waals surface area contributed by atoms with Crippen molar-refractivity contribution in [1.29, 1.82) is 0 Å². The molecule has 1 heterocycles. The number of rotatable bonds is 6. The van der Waals surface area contributed by atoms with Crippen molar-refractivity contribution in [2.75, 3.05) is 7.11 Å². The molecule has 0 saturated carbocycles. The maximum absolute atomic E-state index is 11.9. The zero-order valence-electron chi connectivity index (χ0n) is 14.5. The highest BCUT2D eigenvalue weighted by atomic mass is 32.1. The van der Waals surface area contributed by atoms with Gasteiger partial charge < -0.3 is 14.6 Å². The van der Waals surface area contributed by atoms with Gasteiger partial charge in [0.05, 0.1) is 12.8 Å². The van der Waals surface area contributed by atoms with E-state index < -0.39 is 0 Å². The van der Waals surface area contributed by atoms with Gasteiger partial charge >= 0.3 is 0 Å². The summed E-state index contributed by atoms with van der Waals surface area (Å²) < 4.78 is 10.2. The van der Waals surface area contributed by atoms with E-state index in [2.05, 4.69) is 21.3 Å². The molecule has 134 valence electrons. The van der Waals surface area contributed by atoms with E-state index in [1.54, 1.807) is 7.11 Å². The van der Waals surface area contributed by atoms with Gasteiger partial charge in [-0.15, -0.1) is 0 Å². The van der Waals surface area contributed by atoms with Gasteiger partial charge in [-0.3, -0.25) is 15.6 Å². The SMILES string of the molecule is COc1ccc(CNC(=S)NNC(=O)CCc2c(C)noc2C)cc1. The first kappa shape index (κ1) is 18.7. The zero-order valence-corrected chi connectivity index (χ0v) is 15.3. The Bertz CT molecular complexity index is 708. The number of amides is 1. The minimum Gasteiger partial charge on any atom is -0.497 e. The van der Waals surface area contributed by atoms with E-state index in [0.717, 1.165) is 28.3 Å². The largest absolute Gasteiger partial charge is 0.497 e. The second-order valence-corrected chi connectivity index (χ2v) is 5.91. The van der Waals surface area contributed by atoms with E-state index in [4.69, 9.17) is 21.5 Å². The van der Waals surface area contributed by atoms with Crippen LogP contribution in [0.4, 0.5) is 0 Å². The van der Waals surface area contributed by atoms with Crippen molar-refractivity contribution in [3.8, 4) is 5.75 Å². The van der Waals surface area contributed by atoms with Gasteiger partial charge in [0.1, 0.15) is 11.5 Å². The molecule has 2 aromatic rings. The lowest BCUT2D eigenvalue weighted by Gasteiger charge is -2.12. The van der Waals surface area contributed by atoms with Crippen LogP contribution in [0.5, 0.6) is 5.75 Å². The zero-order chi connectivity index (χ0) is 18.2. The first-order valence-electron chi connectivity index (χ1n) is 7.87. The molecule has 0 spiro atoms. The predicted molar refractivity (Wildman–Crippen MR) is 98.0 cm³/mol. The molecule has 7 nitrogen and oxygen atoms in total. The molecule has 0 fully saturated rings. The molecular formula is C17H22N4O3S. The van der Waals surface area contributed by atoms with Crippen LogP contribution in [0.1, 0.15) is 29.0 Å². The molecular weight excluding hydrogens is 340 g/mol. The fourth-order valence-corrected chi connectivity index (χ4v) is 2.38. The van der Waals surface area contributed by atoms with Crippen LogP contribution in [0.15, 0.2) is 28.8 Å². The molecule has 1 aromatic heterocycles. The minimum absolute atomic E-state index is 0.159. The summed E-state index contributed by atoms with van der Waals surface area (Å²) >= 11 is 5.14. The molecule has 0 aliphatic carbocycles. The Morgan fingerprint density at radius 2 is 1.96 bits per heavy atom. The number of thiocarbonyl (C=S) groups is 1. The number of hydrogen-bond acceptors (Lipinski definition) is 5. The van der Waals surface area contributed by atoms with Gasteiger partial charge in [0.15, 0.2) is 5.11 Å². The first-order valence-corrected chi connectivity index (χ1v) is 8.27. The molecule has 0 saturated heterocycles. The van der Waals surface area contributed by atoms with E-state index >= 15 is 0 Å². The molecule has 1 aromatic carbocycles. The maximum Gasteiger partial charge on any atom is 0.238 e. The molecule has 0 unspecified atom stereocenters. The van der Waals surface area contributed by atoms with Crippen molar-refractivity contribution in [3.63, 3.8) is 0 Å². The highest BCUT2D eigenvalue weighted by Gasteiger charge is 2.11. The molecule has 0 aliphatic rings. The molecule has 0 bridgehead atoms. The molecule has 3 N–H and O–H groups in total. The van der Waals surface area contributed by atoms with Gasteiger partial charge in [-0.2, -0.15) is 0 Å². The Kier molecular flexibility index (Phi) is 6.76. The van der Waals surface area contributed by atoms with Crippen LogP contribution in [0.25, 0.3) is 0 Å². The number of aryl methyl sites for hydroxylation is 2. The molecule has 0 aliphatic heterocycles. The van der Waals surface area contributed by atoms with Crippen LogP contribution in [0.3, 0.4) is 0 Å².